The highest BCUT2D eigenvalue weighted by Crippen LogP contribution is 2.30. The van der Waals surface area contributed by atoms with Crippen LogP contribution in [0.4, 0.5) is 5.69 Å². The van der Waals surface area contributed by atoms with E-state index in [9.17, 15) is 4.79 Å². The quantitative estimate of drug-likeness (QED) is 0.410. The lowest BCUT2D eigenvalue weighted by molar-refractivity contribution is -0.115. The lowest BCUT2D eigenvalue weighted by Crippen LogP contribution is -2.17. The number of amides is 1. The first kappa shape index (κ1) is 15.8. The highest BCUT2D eigenvalue weighted by atomic mass is 32.2. The highest BCUT2D eigenvalue weighted by molar-refractivity contribution is 8.26. The van der Waals surface area contributed by atoms with Crippen molar-refractivity contribution in [2.24, 2.45) is 0 Å². The Morgan fingerprint density at radius 1 is 1.08 bits per heavy atom. The first-order chi connectivity index (χ1) is 12.1. The first-order valence-electron chi connectivity index (χ1n) is 7.61. The highest BCUT2D eigenvalue weighted by Gasteiger charge is 2.22. The largest absolute Gasteiger partial charge is 0.398 e. The molecule has 0 saturated carbocycles. The van der Waals surface area contributed by atoms with Crippen LogP contribution in [-0.4, -0.2) is 15.2 Å². The molecular weight excluding hydrogens is 350 g/mol. The van der Waals surface area contributed by atoms with Gasteiger partial charge in [-0.25, -0.2) is 4.98 Å². The zero-order valence-electron chi connectivity index (χ0n) is 13.0. The molecule has 0 atom stereocenters. The van der Waals surface area contributed by atoms with Gasteiger partial charge in [0.15, 0.2) is 0 Å². The maximum Gasteiger partial charge on any atom is 0.263 e. The molecule has 3 aromatic rings. The Morgan fingerprint density at radius 2 is 1.84 bits per heavy atom. The Bertz CT molecular complexity index is 1060. The maximum absolute atomic E-state index is 11.8. The molecular formula is C19H13N3OS2. The Hall–Kier alpha value is -2.70. The molecule has 0 spiro atoms. The van der Waals surface area contributed by atoms with Crippen LogP contribution in [0.2, 0.25) is 0 Å². The van der Waals surface area contributed by atoms with E-state index >= 15 is 0 Å². The van der Waals surface area contributed by atoms with E-state index < -0.39 is 0 Å². The zero-order valence-corrected chi connectivity index (χ0v) is 14.7. The summed E-state index contributed by atoms with van der Waals surface area (Å²) in [5.74, 6) is -0.188. The standard InChI is InChI=1S/C19H13N3OS2/c20-15-9-12-5-2-1-4-11(12)8-14(15)16-7-3-6-13(21-16)10-17-18(23)22-19(24)25-17/h1-10H,20H2,(H,22,23,24)/b17-10-. The predicted octanol–water partition coefficient (Wildman–Crippen LogP) is 3.97. The summed E-state index contributed by atoms with van der Waals surface area (Å²) in [7, 11) is 0. The molecule has 122 valence electrons. The van der Waals surface area contributed by atoms with Gasteiger partial charge in [-0.3, -0.25) is 4.79 Å². The van der Waals surface area contributed by atoms with Crippen LogP contribution in [0.15, 0.2) is 59.5 Å². The second-order valence-electron chi connectivity index (χ2n) is 5.59. The molecule has 3 N–H and O–H groups in total. The van der Waals surface area contributed by atoms with E-state index in [1.807, 2.05) is 54.6 Å². The van der Waals surface area contributed by atoms with Crippen LogP contribution < -0.4 is 11.1 Å². The van der Waals surface area contributed by atoms with Crippen LogP contribution in [0.5, 0.6) is 0 Å². The molecule has 6 heteroatoms. The number of thioether (sulfide) groups is 1. The Balaban J connectivity index is 1.77. The molecule has 1 amide bonds. The van der Waals surface area contributed by atoms with E-state index in [0.717, 1.165) is 22.0 Å². The fourth-order valence-electron chi connectivity index (χ4n) is 2.72. The number of carbonyl (C=O) groups excluding carboxylic acids is 1. The molecule has 0 aliphatic carbocycles. The van der Waals surface area contributed by atoms with Crippen molar-refractivity contribution in [2.45, 2.75) is 0 Å². The molecule has 0 unspecified atom stereocenters. The normalized spacial score (nSPS) is 15.8. The minimum absolute atomic E-state index is 0.188. The number of nitrogens with two attached hydrogens (primary N) is 1. The number of anilines is 1. The van der Waals surface area contributed by atoms with Crippen molar-refractivity contribution in [2.75, 3.05) is 5.73 Å². The van der Waals surface area contributed by atoms with E-state index in [-0.39, 0.29) is 5.91 Å². The van der Waals surface area contributed by atoms with E-state index in [2.05, 4.69) is 10.3 Å². The van der Waals surface area contributed by atoms with Crippen molar-refractivity contribution >= 4 is 56.7 Å². The first-order valence-corrected chi connectivity index (χ1v) is 8.83. The summed E-state index contributed by atoms with van der Waals surface area (Å²) in [6.45, 7) is 0. The van der Waals surface area contributed by atoms with Crippen LogP contribution in [0, 0.1) is 0 Å². The van der Waals surface area contributed by atoms with Crippen LogP contribution in [0.1, 0.15) is 5.69 Å². The molecule has 1 saturated heterocycles. The molecule has 2 heterocycles. The lowest BCUT2D eigenvalue weighted by Gasteiger charge is -2.08. The summed E-state index contributed by atoms with van der Waals surface area (Å²) in [4.78, 5) is 17.0. The van der Waals surface area contributed by atoms with Crippen molar-refractivity contribution in [1.29, 1.82) is 0 Å². The van der Waals surface area contributed by atoms with Crippen molar-refractivity contribution < 1.29 is 4.79 Å². The third-order valence-electron chi connectivity index (χ3n) is 3.89. The molecule has 1 aromatic heterocycles. The summed E-state index contributed by atoms with van der Waals surface area (Å²) >= 11 is 6.25. The van der Waals surface area contributed by atoms with Crippen LogP contribution >= 0.6 is 24.0 Å². The zero-order chi connectivity index (χ0) is 17.4. The van der Waals surface area contributed by atoms with Gasteiger partial charge in [-0.05, 0) is 41.1 Å². The van der Waals surface area contributed by atoms with Gasteiger partial charge in [0.05, 0.1) is 16.3 Å². The van der Waals surface area contributed by atoms with Gasteiger partial charge < -0.3 is 11.1 Å². The minimum Gasteiger partial charge on any atom is -0.398 e. The van der Waals surface area contributed by atoms with Gasteiger partial charge in [-0.1, -0.05) is 54.3 Å². The van der Waals surface area contributed by atoms with Crippen molar-refractivity contribution in [3.63, 3.8) is 0 Å². The number of nitrogens with one attached hydrogen (secondary N) is 1. The molecule has 25 heavy (non-hydrogen) atoms. The molecule has 0 radical (unpaired) electrons. The summed E-state index contributed by atoms with van der Waals surface area (Å²) in [5.41, 5.74) is 9.23. The van der Waals surface area contributed by atoms with Gasteiger partial charge in [0.25, 0.3) is 5.91 Å². The van der Waals surface area contributed by atoms with Crippen LogP contribution in [0.3, 0.4) is 0 Å². The van der Waals surface area contributed by atoms with Gasteiger partial charge in [-0.15, -0.1) is 0 Å². The minimum atomic E-state index is -0.188. The number of pyridine rings is 1. The van der Waals surface area contributed by atoms with Crippen molar-refractivity contribution in [3.8, 4) is 11.3 Å². The molecule has 1 aliphatic rings. The van der Waals surface area contributed by atoms with Gasteiger partial charge in [-0.2, -0.15) is 0 Å². The average Bonchev–Trinajstić information content (AvgIpc) is 2.91. The summed E-state index contributed by atoms with van der Waals surface area (Å²) in [6, 6.07) is 17.7. The number of nitrogens with zero attached hydrogens (tertiary/aromatic N) is 1. The van der Waals surface area contributed by atoms with Gasteiger partial charge in [0, 0.05) is 11.3 Å². The maximum atomic E-state index is 11.8. The second-order valence-corrected chi connectivity index (χ2v) is 7.31. The Morgan fingerprint density at radius 3 is 2.56 bits per heavy atom. The number of hydrogen-bond acceptors (Lipinski definition) is 5. The van der Waals surface area contributed by atoms with E-state index in [1.54, 1.807) is 6.08 Å². The van der Waals surface area contributed by atoms with E-state index in [4.69, 9.17) is 18.0 Å². The fraction of sp³-hybridized carbons (Fsp3) is 0. The number of benzene rings is 2. The second kappa shape index (κ2) is 6.31. The average molecular weight is 363 g/mol. The Kier molecular flexibility index (Phi) is 3.99. The smallest absolute Gasteiger partial charge is 0.263 e. The number of hydrogen-bond donors (Lipinski definition) is 2. The third kappa shape index (κ3) is 3.14. The van der Waals surface area contributed by atoms with Crippen molar-refractivity contribution in [1.82, 2.24) is 10.3 Å². The predicted molar refractivity (Wildman–Crippen MR) is 108 cm³/mol. The molecule has 4 rings (SSSR count). The van der Waals surface area contributed by atoms with Crippen LogP contribution in [-0.2, 0) is 4.79 Å². The fourth-order valence-corrected chi connectivity index (χ4v) is 3.75. The van der Waals surface area contributed by atoms with Crippen molar-refractivity contribution in [3.05, 3.63) is 65.2 Å². The lowest BCUT2D eigenvalue weighted by atomic mass is 10.0. The van der Waals surface area contributed by atoms with Gasteiger partial charge in [0.1, 0.15) is 4.32 Å². The monoisotopic (exact) mass is 363 g/mol. The SMILES string of the molecule is Nc1cc2ccccc2cc1-c1cccc(/C=C2\SC(=S)NC2=O)n1. The topological polar surface area (TPSA) is 68.0 Å². The summed E-state index contributed by atoms with van der Waals surface area (Å²) in [6.07, 6.45) is 1.74. The number of aromatic nitrogens is 1. The van der Waals surface area contributed by atoms with E-state index in [1.165, 1.54) is 11.8 Å². The van der Waals surface area contributed by atoms with Crippen LogP contribution in [0.25, 0.3) is 28.1 Å². The Labute approximate surface area is 154 Å². The number of thiocarbonyl (C=S) groups is 1. The third-order valence-corrected chi connectivity index (χ3v) is 5.05. The van der Waals surface area contributed by atoms with E-state index in [0.29, 0.717) is 20.6 Å². The van der Waals surface area contributed by atoms with Gasteiger partial charge >= 0.3 is 0 Å². The van der Waals surface area contributed by atoms with Gasteiger partial charge in [0.2, 0.25) is 0 Å². The molecule has 1 fully saturated rings. The molecule has 0 bridgehead atoms. The number of carbonyl (C=O) groups is 1. The number of fused-ring (bicyclic) bond motifs is 1. The number of nitrogen functional groups attached to an aromatic ring is 1. The number of rotatable bonds is 2. The summed E-state index contributed by atoms with van der Waals surface area (Å²) in [5, 5.41) is 4.80. The molecule has 1 aliphatic heterocycles. The summed E-state index contributed by atoms with van der Waals surface area (Å²) < 4.78 is 0.464. The molecule has 2 aromatic carbocycles. The molecule has 4 nitrogen and oxygen atoms in total.